The molecule has 1 spiro atoms. The van der Waals surface area contributed by atoms with Crippen molar-refractivity contribution in [1.82, 2.24) is 0 Å². The van der Waals surface area contributed by atoms with Gasteiger partial charge in [0, 0.05) is 39.2 Å². The highest BCUT2D eigenvalue weighted by molar-refractivity contribution is 6.20. The van der Waals surface area contributed by atoms with E-state index in [9.17, 15) is 0 Å². The van der Waals surface area contributed by atoms with Crippen molar-refractivity contribution in [1.29, 1.82) is 0 Å². The van der Waals surface area contributed by atoms with Crippen LogP contribution in [0.15, 0.2) is 247 Å². The molecule has 0 fully saturated rings. The molecule has 0 saturated carbocycles. The zero-order chi connectivity index (χ0) is 53.7. The molecule has 0 N–H and O–H groups in total. The lowest BCUT2D eigenvalue weighted by molar-refractivity contribution is 0.590. The van der Waals surface area contributed by atoms with Gasteiger partial charge in [0.1, 0.15) is 5.58 Å². The summed E-state index contributed by atoms with van der Waals surface area (Å²) in [5.74, 6) is 0.406. The topological polar surface area (TPSA) is 19.6 Å². The molecule has 0 atom stereocenters. The molecular formula is C76H62N2O. The number of rotatable bonds is 9. The number of aryl methyl sites for hydroxylation is 2. The predicted molar refractivity (Wildman–Crippen MR) is 333 cm³/mol. The van der Waals surface area contributed by atoms with Crippen LogP contribution < -0.4 is 9.80 Å². The molecule has 0 bridgehead atoms. The molecule has 382 valence electrons. The second kappa shape index (κ2) is 18.5. The van der Waals surface area contributed by atoms with Gasteiger partial charge in [-0.3, -0.25) is 0 Å². The van der Waals surface area contributed by atoms with Crippen LogP contribution in [0.5, 0.6) is 0 Å². The van der Waals surface area contributed by atoms with Crippen molar-refractivity contribution in [3.8, 4) is 44.5 Å². The molecule has 0 amide bonds. The summed E-state index contributed by atoms with van der Waals surface area (Å²) in [7, 11) is 0. The molecule has 0 radical (unpaired) electrons. The van der Waals surface area contributed by atoms with Gasteiger partial charge >= 0.3 is 0 Å². The molecule has 1 aromatic heterocycles. The van der Waals surface area contributed by atoms with Crippen LogP contribution in [0.4, 0.5) is 34.1 Å². The zero-order valence-corrected chi connectivity index (χ0v) is 46.0. The quantitative estimate of drug-likeness (QED) is 0.144. The number of nitrogens with zero attached hydrogens (tertiary/aromatic N) is 2. The molecule has 2 aliphatic carbocycles. The van der Waals surface area contributed by atoms with Gasteiger partial charge in [0.05, 0.1) is 11.1 Å². The molecule has 3 nitrogen and oxygen atoms in total. The fourth-order valence-electron chi connectivity index (χ4n) is 13.1. The van der Waals surface area contributed by atoms with Crippen molar-refractivity contribution in [2.24, 2.45) is 0 Å². The van der Waals surface area contributed by atoms with E-state index in [0.717, 1.165) is 56.1 Å². The van der Waals surface area contributed by atoms with E-state index in [1.54, 1.807) is 0 Å². The smallest absolute Gasteiger partial charge is 0.160 e. The maximum Gasteiger partial charge on any atom is 0.160 e. The molecular weight excluding hydrogens is 957 g/mol. The number of hydrogen-bond acceptors (Lipinski definition) is 3. The van der Waals surface area contributed by atoms with Crippen LogP contribution in [-0.2, 0) is 10.8 Å². The number of hydrogen-bond donors (Lipinski definition) is 0. The van der Waals surface area contributed by atoms with Gasteiger partial charge in [-0.05, 0) is 187 Å². The molecule has 0 aliphatic heterocycles. The van der Waals surface area contributed by atoms with Gasteiger partial charge in [-0.1, -0.05) is 204 Å². The van der Waals surface area contributed by atoms with Crippen molar-refractivity contribution in [2.75, 3.05) is 9.80 Å². The summed E-state index contributed by atoms with van der Waals surface area (Å²) in [4.78, 5) is 4.93. The van der Waals surface area contributed by atoms with Crippen LogP contribution in [0.1, 0.15) is 85.0 Å². The first kappa shape index (κ1) is 48.2. The van der Waals surface area contributed by atoms with E-state index in [1.165, 1.54) is 89.0 Å². The maximum atomic E-state index is 7.37. The highest BCUT2D eigenvalue weighted by Crippen LogP contribution is 2.66. The maximum absolute atomic E-state index is 7.37. The molecule has 1 heterocycles. The van der Waals surface area contributed by atoms with Crippen LogP contribution in [0.25, 0.3) is 66.4 Å². The zero-order valence-electron chi connectivity index (χ0n) is 46.0. The van der Waals surface area contributed by atoms with Gasteiger partial charge in [-0.15, -0.1) is 0 Å². The first-order valence-corrected chi connectivity index (χ1v) is 27.9. The Morgan fingerprint density at radius 1 is 0.405 bits per heavy atom. The summed E-state index contributed by atoms with van der Waals surface area (Å²) in [6.45, 7) is 15.8. The minimum Gasteiger partial charge on any atom is -0.454 e. The van der Waals surface area contributed by atoms with Crippen molar-refractivity contribution in [3.63, 3.8) is 0 Å². The Kier molecular flexibility index (Phi) is 11.3. The molecule has 3 heteroatoms. The van der Waals surface area contributed by atoms with Crippen LogP contribution in [0.3, 0.4) is 0 Å². The van der Waals surface area contributed by atoms with E-state index in [1.807, 2.05) is 0 Å². The minimum atomic E-state index is -0.713. The fraction of sp³-hybridized carbons (Fsp3) is 0.132. The number of fused-ring (bicyclic) bond motifs is 14. The average Bonchev–Trinajstić information content (AvgIpc) is 4.08. The Balaban J connectivity index is 1.09. The van der Waals surface area contributed by atoms with E-state index in [0.29, 0.717) is 5.92 Å². The molecule has 2 aliphatic rings. The monoisotopic (exact) mass is 1020 g/mol. The van der Waals surface area contributed by atoms with Gasteiger partial charge in [0.15, 0.2) is 5.58 Å². The van der Waals surface area contributed by atoms with Crippen molar-refractivity contribution >= 4 is 56.1 Å². The third-order valence-corrected chi connectivity index (χ3v) is 17.1. The van der Waals surface area contributed by atoms with Crippen LogP contribution >= 0.6 is 0 Å². The first-order valence-electron chi connectivity index (χ1n) is 27.9. The number of benzene rings is 11. The number of furan rings is 1. The third kappa shape index (κ3) is 7.62. The van der Waals surface area contributed by atoms with E-state index in [-0.39, 0.29) is 5.41 Å². The summed E-state index contributed by atoms with van der Waals surface area (Å²) in [5.41, 5.74) is 27.2. The van der Waals surface area contributed by atoms with Gasteiger partial charge < -0.3 is 14.2 Å². The largest absolute Gasteiger partial charge is 0.454 e. The highest BCUT2D eigenvalue weighted by Gasteiger charge is 2.53. The summed E-state index contributed by atoms with van der Waals surface area (Å²) in [6.07, 6.45) is 0. The summed E-state index contributed by atoms with van der Waals surface area (Å²) in [5, 5.41) is 2.22. The van der Waals surface area contributed by atoms with Crippen molar-refractivity contribution in [2.45, 2.75) is 65.2 Å². The van der Waals surface area contributed by atoms with Gasteiger partial charge in [0.2, 0.25) is 0 Å². The van der Waals surface area contributed by atoms with E-state index in [4.69, 9.17) is 4.42 Å². The van der Waals surface area contributed by atoms with Crippen LogP contribution in [0, 0.1) is 13.8 Å². The molecule has 0 saturated heterocycles. The SMILES string of the molecule is Cc1ccc(N(c2ccc(C(C)C)cc2)c2ccc3c(c2)C2(c4ccccc4-c4ccccc42)c2cc(N(c4ccc(C(C)(C)C)cc4)c4ccc(C)c(-c5ccccc5)c4)c4oc5ccccc5c4c2-3)cc1-c1ccccc1. The lowest BCUT2D eigenvalue weighted by Gasteiger charge is -2.33. The van der Waals surface area contributed by atoms with Crippen LogP contribution in [-0.4, -0.2) is 0 Å². The van der Waals surface area contributed by atoms with Crippen molar-refractivity contribution < 1.29 is 4.42 Å². The lowest BCUT2D eigenvalue weighted by Crippen LogP contribution is -2.26. The Bertz CT molecular complexity index is 4280. The summed E-state index contributed by atoms with van der Waals surface area (Å²) < 4.78 is 7.37. The van der Waals surface area contributed by atoms with Crippen LogP contribution in [0.2, 0.25) is 0 Å². The Labute approximate surface area is 464 Å². The van der Waals surface area contributed by atoms with E-state index >= 15 is 0 Å². The molecule has 79 heavy (non-hydrogen) atoms. The summed E-state index contributed by atoms with van der Waals surface area (Å²) in [6, 6.07) is 90.7. The molecule has 11 aromatic carbocycles. The van der Waals surface area contributed by atoms with Gasteiger partial charge in [0.25, 0.3) is 0 Å². The van der Waals surface area contributed by atoms with Crippen molar-refractivity contribution in [3.05, 3.63) is 287 Å². The van der Waals surface area contributed by atoms with E-state index in [2.05, 4.69) is 301 Å². The normalized spacial score (nSPS) is 13.0. The second-order valence-electron chi connectivity index (χ2n) is 23.1. The van der Waals surface area contributed by atoms with Gasteiger partial charge in [-0.2, -0.15) is 0 Å². The Morgan fingerprint density at radius 2 is 0.899 bits per heavy atom. The summed E-state index contributed by atoms with van der Waals surface area (Å²) >= 11 is 0. The minimum absolute atomic E-state index is 0.0235. The number of anilines is 6. The second-order valence-corrected chi connectivity index (χ2v) is 23.1. The Hall–Kier alpha value is -9.18. The predicted octanol–water partition coefficient (Wildman–Crippen LogP) is 21.2. The fourth-order valence-corrected chi connectivity index (χ4v) is 13.1. The van der Waals surface area contributed by atoms with E-state index < -0.39 is 5.41 Å². The Morgan fingerprint density at radius 3 is 1.49 bits per heavy atom. The molecule has 12 aromatic rings. The first-order chi connectivity index (χ1) is 38.5. The average molecular weight is 1020 g/mol. The lowest BCUT2D eigenvalue weighted by atomic mass is 9.70. The standard InChI is InChI=1S/C76H62N2O/c1-48(2)51-32-38-55(39-33-51)77(57-36-30-49(3)64(44-57)52-20-10-8-11-21-52)59-42-43-62-68(46-59)76(66-27-17-14-24-60(66)61-25-15-18-28-67(61)76)69-47-70(74-73(72(62)69)63-26-16-19-29-71(63)79-74)78(56-40-34-54(35-41-56)75(5,6)7)58-37-31-50(4)65(45-58)53-22-12-9-13-23-53/h8-48H,1-7H3. The number of para-hydroxylation sites is 1. The molecule has 0 unspecified atom stereocenters. The molecule has 14 rings (SSSR count). The third-order valence-electron chi connectivity index (χ3n) is 17.1. The highest BCUT2D eigenvalue weighted by atomic mass is 16.3. The van der Waals surface area contributed by atoms with Gasteiger partial charge in [-0.25, -0.2) is 0 Å².